The summed E-state index contributed by atoms with van der Waals surface area (Å²) in [4.78, 5) is 30.5. The van der Waals surface area contributed by atoms with Crippen LogP contribution in [0.25, 0.3) is 0 Å². The van der Waals surface area contributed by atoms with Gasteiger partial charge in [0.05, 0.1) is 5.56 Å². The Morgan fingerprint density at radius 3 is 2.50 bits per heavy atom. The summed E-state index contributed by atoms with van der Waals surface area (Å²) in [5.41, 5.74) is 1.83. The van der Waals surface area contributed by atoms with Crippen molar-refractivity contribution in [1.82, 2.24) is 15.2 Å². The van der Waals surface area contributed by atoms with Crippen LogP contribution in [-0.2, 0) is 11.3 Å². The molecule has 6 nitrogen and oxygen atoms in total. The van der Waals surface area contributed by atoms with Crippen LogP contribution in [0.2, 0.25) is 0 Å². The lowest BCUT2D eigenvalue weighted by molar-refractivity contribution is -0.126. The van der Waals surface area contributed by atoms with E-state index in [0.717, 1.165) is 5.56 Å². The number of piperidine rings is 1. The fourth-order valence-electron chi connectivity index (χ4n) is 3.04. The van der Waals surface area contributed by atoms with Crippen molar-refractivity contribution < 1.29 is 9.59 Å². The van der Waals surface area contributed by atoms with Crippen molar-refractivity contribution in [2.75, 3.05) is 13.1 Å². The number of rotatable bonds is 4. The maximum Gasteiger partial charge on any atom is 0.255 e. The molecular formula is C20H20N4O2. The normalized spacial score (nSPS) is 14.5. The van der Waals surface area contributed by atoms with Crippen molar-refractivity contribution in [2.24, 2.45) is 5.92 Å². The van der Waals surface area contributed by atoms with E-state index < -0.39 is 0 Å². The van der Waals surface area contributed by atoms with E-state index in [-0.39, 0.29) is 23.4 Å². The highest BCUT2D eigenvalue weighted by Crippen LogP contribution is 2.19. The first-order chi connectivity index (χ1) is 12.7. The molecule has 2 aromatic rings. The van der Waals surface area contributed by atoms with Gasteiger partial charge in [-0.05, 0) is 30.5 Å². The fraction of sp³-hybridized carbons (Fsp3) is 0.300. The number of hydrogen-bond donors (Lipinski definition) is 1. The lowest BCUT2D eigenvalue weighted by Gasteiger charge is -2.31. The monoisotopic (exact) mass is 348 g/mol. The lowest BCUT2D eigenvalue weighted by atomic mass is 9.95. The number of likely N-dealkylation sites (tertiary alicyclic amines) is 1. The van der Waals surface area contributed by atoms with Crippen molar-refractivity contribution in [1.29, 1.82) is 5.26 Å². The summed E-state index contributed by atoms with van der Waals surface area (Å²) in [7, 11) is 0. The minimum atomic E-state index is -0.106. The van der Waals surface area contributed by atoms with Crippen molar-refractivity contribution in [3.8, 4) is 6.07 Å². The van der Waals surface area contributed by atoms with Crippen LogP contribution in [0.3, 0.4) is 0 Å². The van der Waals surface area contributed by atoms with Gasteiger partial charge in [-0.25, -0.2) is 4.98 Å². The van der Waals surface area contributed by atoms with Gasteiger partial charge in [-0.1, -0.05) is 30.3 Å². The van der Waals surface area contributed by atoms with E-state index in [1.165, 1.54) is 12.3 Å². The van der Waals surface area contributed by atoms with Crippen LogP contribution >= 0.6 is 0 Å². The molecule has 0 spiro atoms. The van der Waals surface area contributed by atoms with E-state index in [1.54, 1.807) is 11.0 Å². The molecule has 0 saturated carbocycles. The molecule has 26 heavy (non-hydrogen) atoms. The van der Waals surface area contributed by atoms with E-state index >= 15 is 0 Å². The Morgan fingerprint density at radius 1 is 1.15 bits per heavy atom. The number of carbonyl (C=O) groups excluding carboxylic acids is 2. The molecule has 132 valence electrons. The van der Waals surface area contributed by atoms with Crippen LogP contribution in [0.4, 0.5) is 0 Å². The van der Waals surface area contributed by atoms with E-state index in [1.807, 2.05) is 36.4 Å². The second-order valence-electron chi connectivity index (χ2n) is 6.31. The summed E-state index contributed by atoms with van der Waals surface area (Å²) in [6.45, 7) is 1.61. The molecule has 0 radical (unpaired) electrons. The predicted molar refractivity (Wildman–Crippen MR) is 95.9 cm³/mol. The smallest absolute Gasteiger partial charge is 0.255 e. The maximum atomic E-state index is 12.5. The Balaban J connectivity index is 1.49. The lowest BCUT2D eigenvalue weighted by Crippen LogP contribution is -2.43. The first-order valence-electron chi connectivity index (χ1n) is 8.64. The molecule has 1 aromatic heterocycles. The highest BCUT2D eigenvalue weighted by molar-refractivity contribution is 5.94. The summed E-state index contributed by atoms with van der Waals surface area (Å²) in [6, 6.07) is 14.9. The minimum Gasteiger partial charge on any atom is -0.352 e. The van der Waals surface area contributed by atoms with Crippen molar-refractivity contribution in [3.63, 3.8) is 0 Å². The van der Waals surface area contributed by atoms with Crippen LogP contribution in [0.5, 0.6) is 0 Å². The third-order valence-corrected chi connectivity index (χ3v) is 4.59. The molecule has 1 aliphatic rings. The molecule has 1 aromatic carbocycles. The predicted octanol–water partition coefficient (Wildman–Crippen LogP) is 2.12. The molecule has 6 heteroatoms. The Bertz CT molecular complexity index is 804. The number of amides is 2. The maximum absolute atomic E-state index is 12.5. The van der Waals surface area contributed by atoms with Gasteiger partial charge in [0.15, 0.2) is 0 Å². The average molecular weight is 348 g/mol. The fourth-order valence-corrected chi connectivity index (χ4v) is 3.04. The number of pyridine rings is 1. The van der Waals surface area contributed by atoms with Crippen LogP contribution in [0.1, 0.15) is 34.5 Å². The molecule has 0 aliphatic carbocycles. The van der Waals surface area contributed by atoms with Gasteiger partial charge < -0.3 is 10.2 Å². The van der Waals surface area contributed by atoms with Gasteiger partial charge in [0.2, 0.25) is 5.91 Å². The Kier molecular flexibility index (Phi) is 5.59. The standard InChI is InChI=1S/C20H20N4O2/c21-12-18-7-6-17(14-22-18)20(26)24-10-8-16(9-11-24)19(25)23-13-15-4-2-1-3-5-15/h1-7,14,16H,8-11,13H2,(H,23,25). The molecule has 0 atom stereocenters. The SMILES string of the molecule is N#Cc1ccc(C(=O)N2CCC(C(=O)NCc3ccccc3)CC2)cn1. The molecule has 2 amide bonds. The summed E-state index contributed by atoms with van der Waals surface area (Å²) in [6.07, 6.45) is 2.73. The van der Waals surface area contributed by atoms with Crippen molar-refractivity contribution in [3.05, 3.63) is 65.5 Å². The van der Waals surface area contributed by atoms with Gasteiger partial charge >= 0.3 is 0 Å². The average Bonchev–Trinajstić information content (AvgIpc) is 2.72. The second kappa shape index (κ2) is 8.26. The zero-order valence-electron chi connectivity index (χ0n) is 14.4. The van der Waals surface area contributed by atoms with E-state index in [9.17, 15) is 9.59 Å². The Hall–Kier alpha value is -3.20. The largest absolute Gasteiger partial charge is 0.352 e. The zero-order chi connectivity index (χ0) is 18.4. The molecule has 1 fully saturated rings. The van der Waals surface area contributed by atoms with Gasteiger partial charge in [0, 0.05) is 31.7 Å². The quantitative estimate of drug-likeness (QED) is 0.917. The second-order valence-corrected chi connectivity index (χ2v) is 6.31. The third kappa shape index (κ3) is 4.25. The summed E-state index contributed by atoms with van der Waals surface area (Å²) >= 11 is 0. The van der Waals surface area contributed by atoms with Gasteiger partial charge in [-0.15, -0.1) is 0 Å². The molecule has 2 heterocycles. The van der Waals surface area contributed by atoms with E-state index in [4.69, 9.17) is 5.26 Å². The number of hydrogen-bond acceptors (Lipinski definition) is 4. The summed E-state index contributed by atoms with van der Waals surface area (Å²) < 4.78 is 0. The van der Waals surface area contributed by atoms with Crippen LogP contribution in [0, 0.1) is 17.2 Å². The Morgan fingerprint density at radius 2 is 1.88 bits per heavy atom. The van der Waals surface area contributed by atoms with Crippen molar-refractivity contribution in [2.45, 2.75) is 19.4 Å². The number of carbonyl (C=O) groups is 2. The molecule has 1 aliphatic heterocycles. The Labute approximate surface area is 152 Å². The number of benzene rings is 1. The van der Waals surface area contributed by atoms with E-state index in [0.29, 0.717) is 38.0 Å². The van der Waals surface area contributed by atoms with Gasteiger partial charge in [0.1, 0.15) is 11.8 Å². The number of nitriles is 1. The van der Waals surface area contributed by atoms with Gasteiger partial charge in [-0.3, -0.25) is 9.59 Å². The van der Waals surface area contributed by atoms with Crippen LogP contribution in [-0.4, -0.2) is 34.8 Å². The van der Waals surface area contributed by atoms with Gasteiger partial charge in [0.25, 0.3) is 5.91 Å². The first-order valence-corrected chi connectivity index (χ1v) is 8.64. The number of nitrogens with one attached hydrogen (secondary N) is 1. The molecule has 1 saturated heterocycles. The number of aromatic nitrogens is 1. The molecule has 1 N–H and O–H groups in total. The molecule has 3 rings (SSSR count). The van der Waals surface area contributed by atoms with E-state index in [2.05, 4.69) is 10.3 Å². The summed E-state index contributed by atoms with van der Waals surface area (Å²) in [5, 5.41) is 11.7. The topological polar surface area (TPSA) is 86.1 Å². The van der Waals surface area contributed by atoms with Crippen LogP contribution < -0.4 is 5.32 Å². The first kappa shape index (κ1) is 17.6. The van der Waals surface area contributed by atoms with Crippen molar-refractivity contribution >= 4 is 11.8 Å². The molecule has 0 bridgehead atoms. The van der Waals surface area contributed by atoms with Gasteiger partial charge in [-0.2, -0.15) is 5.26 Å². The highest BCUT2D eigenvalue weighted by atomic mass is 16.2. The number of nitrogens with zero attached hydrogens (tertiary/aromatic N) is 3. The summed E-state index contributed by atoms with van der Waals surface area (Å²) in [5.74, 6) is -0.132. The molecular weight excluding hydrogens is 328 g/mol. The molecule has 0 unspecified atom stereocenters. The van der Waals surface area contributed by atoms with Crippen LogP contribution in [0.15, 0.2) is 48.7 Å². The zero-order valence-corrected chi connectivity index (χ0v) is 14.4. The minimum absolute atomic E-state index is 0.0426. The third-order valence-electron chi connectivity index (χ3n) is 4.59. The highest BCUT2D eigenvalue weighted by Gasteiger charge is 2.27.